The SMILES string of the molecule is C.COC(=O)c1ccc(C#Cc2ccc(C(=O)OC)c(O)c2)cc1O.COC(=O)c1ccc(C#Cc2ccc(C(=O)OC)c(OCc3ccccc3)c2)cc1C. The van der Waals surface area contributed by atoms with Gasteiger partial charge in [-0.2, -0.15) is 0 Å². The van der Waals surface area contributed by atoms with E-state index in [2.05, 4.69) is 33.2 Å². The first kappa shape index (κ1) is 42.9. The second kappa shape index (κ2) is 20.7. The number of benzene rings is 5. The van der Waals surface area contributed by atoms with Crippen molar-refractivity contribution >= 4 is 23.9 Å². The number of esters is 4. The maximum Gasteiger partial charge on any atom is 0.341 e. The van der Waals surface area contributed by atoms with Gasteiger partial charge in [0.2, 0.25) is 0 Å². The Bertz CT molecular complexity index is 2270. The van der Waals surface area contributed by atoms with Gasteiger partial charge in [0.25, 0.3) is 0 Å². The monoisotopic (exact) mass is 756 g/mol. The Morgan fingerprint density at radius 3 is 1.30 bits per heavy atom. The van der Waals surface area contributed by atoms with Crippen molar-refractivity contribution in [3.05, 3.63) is 159 Å². The number of rotatable bonds is 7. The van der Waals surface area contributed by atoms with Gasteiger partial charge in [-0.3, -0.25) is 0 Å². The lowest BCUT2D eigenvalue weighted by Gasteiger charge is -2.11. The zero-order valence-electron chi connectivity index (χ0n) is 30.6. The van der Waals surface area contributed by atoms with Crippen molar-refractivity contribution in [3.8, 4) is 40.9 Å². The molecule has 0 atom stereocenters. The normalized spacial score (nSPS) is 9.59. The molecular formula is C45H40O11. The van der Waals surface area contributed by atoms with Crippen LogP contribution in [0.2, 0.25) is 0 Å². The molecule has 0 spiro atoms. The van der Waals surface area contributed by atoms with Crippen LogP contribution < -0.4 is 4.74 Å². The molecule has 0 aromatic heterocycles. The predicted molar refractivity (Wildman–Crippen MR) is 209 cm³/mol. The molecule has 0 saturated heterocycles. The standard InChI is InChI=1S/C26H22O5.C18H14O6.CH4/c1-18-15-19(11-13-22(18)25(27)29-2)9-10-20-12-14-23(26(28)30-3)24(16-20)31-17-21-7-5-4-6-8-21;1-23-17(21)13-7-5-11(9-15(13)19)3-4-12-6-8-14(16(20)10-12)18(22)24-2;/h4-8,11-16H,17H2,1-3H3;5-10,19-20H,1-2H3;1H4. The molecule has 286 valence electrons. The minimum atomic E-state index is -0.643. The molecule has 0 aliphatic carbocycles. The first-order valence-electron chi connectivity index (χ1n) is 16.4. The highest BCUT2D eigenvalue weighted by molar-refractivity contribution is 5.94. The van der Waals surface area contributed by atoms with Gasteiger partial charge in [-0.15, -0.1) is 0 Å². The lowest BCUT2D eigenvalue weighted by molar-refractivity contribution is 0.0587. The zero-order valence-corrected chi connectivity index (χ0v) is 30.6. The average Bonchev–Trinajstić information content (AvgIpc) is 3.21. The molecular weight excluding hydrogens is 716 g/mol. The van der Waals surface area contributed by atoms with E-state index < -0.39 is 17.9 Å². The summed E-state index contributed by atoms with van der Waals surface area (Å²) in [5.74, 6) is 9.51. The maximum absolute atomic E-state index is 12.1. The van der Waals surface area contributed by atoms with Gasteiger partial charge in [-0.1, -0.05) is 61.4 Å². The molecule has 56 heavy (non-hydrogen) atoms. The summed E-state index contributed by atoms with van der Waals surface area (Å²) in [6.07, 6.45) is 0. The zero-order chi connectivity index (χ0) is 39.9. The summed E-state index contributed by atoms with van der Waals surface area (Å²) >= 11 is 0. The van der Waals surface area contributed by atoms with Gasteiger partial charge in [-0.25, -0.2) is 19.2 Å². The fourth-order valence-electron chi connectivity index (χ4n) is 4.89. The highest BCUT2D eigenvalue weighted by Gasteiger charge is 2.15. The van der Waals surface area contributed by atoms with E-state index in [0.717, 1.165) is 16.7 Å². The van der Waals surface area contributed by atoms with Gasteiger partial charge in [0, 0.05) is 22.3 Å². The van der Waals surface area contributed by atoms with Crippen LogP contribution in [0.3, 0.4) is 0 Å². The quantitative estimate of drug-likeness (QED) is 0.0980. The van der Waals surface area contributed by atoms with E-state index in [1.54, 1.807) is 42.5 Å². The number of methoxy groups -OCH3 is 4. The van der Waals surface area contributed by atoms with Crippen LogP contribution in [0.15, 0.2) is 103 Å². The highest BCUT2D eigenvalue weighted by Crippen LogP contribution is 2.24. The molecule has 0 heterocycles. The molecule has 11 nitrogen and oxygen atoms in total. The molecule has 0 aliphatic rings. The van der Waals surface area contributed by atoms with Crippen molar-refractivity contribution in [2.75, 3.05) is 28.4 Å². The Labute approximate surface area is 325 Å². The molecule has 2 N–H and O–H groups in total. The second-order valence-corrected chi connectivity index (χ2v) is 11.4. The molecule has 0 unspecified atom stereocenters. The summed E-state index contributed by atoms with van der Waals surface area (Å²) in [6, 6.07) is 28.7. The van der Waals surface area contributed by atoms with Crippen LogP contribution in [0.5, 0.6) is 17.2 Å². The van der Waals surface area contributed by atoms with E-state index in [4.69, 9.17) is 14.2 Å². The van der Waals surface area contributed by atoms with E-state index in [1.807, 2.05) is 43.3 Å². The number of ether oxygens (including phenoxy) is 5. The summed E-state index contributed by atoms with van der Waals surface area (Å²) < 4.78 is 24.6. The Hall–Kier alpha value is -7.50. The number of carbonyl (C=O) groups excluding carboxylic acids is 4. The second-order valence-electron chi connectivity index (χ2n) is 11.4. The summed E-state index contributed by atoms with van der Waals surface area (Å²) in [7, 11) is 5.13. The summed E-state index contributed by atoms with van der Waals surface area (Å²) in [5.41, 5.74) is 5.08. The van der Waals surface area contributed by atoms with Crippen LogP contribution in [-0.2, 0) is 25.6 Å². The summed E-state index contributed by atoms with van der Waals surface area (Å²) in [5, 5.41) is 19.6. The number of hydrogen-bond acceptors (Lipinski definition) is 11. The first-order valence-corrected chi connectivity index (χ1v) is 16.4. The fraction of sp³-hybridized carbons (Fsp3) is 0.156. The van der Waals surface area contributed by atoms with E-state index >= 15 is 0 Å². The average molecular weight is 757 g/mol. The molecule has 11 heteroatoms. The molecule has 5 aromatic carbocycles. The Kier molecular flexibility index (Phi) is 15.8. The van der Waals surface area contributed by atoms with E-state index in [-0.39, 0.29) is 36.0 Å². The summed E-state index contributed by atoms with van der Waals surface area (Å²) in [6.45, 7) is 2.15. The smallest absolute Gasteiger partial charge is 0.341 e. The van der Waals surface area contributed by atoms with Gasteiger partial charge >= 0.3 is 23.9 Å². The molecule has 0 aliphatic heterocycles. The van der Waals surface area contributed by atoms with Gasteiger partial charge in [0.15, 0.2) is 0 Å². The molecule has 0 radical (unpaired) electrons. The number of phenols is 2. The number of aryl methyl sites for hydroxylation is 1. The lowest BCUT2D eigenvalue weighted by atomic mass is 10.0. The summed E-state index contributed by atoms with van der Waals surface area (Å²) in [4.78, 5) is 46.6. The van der Waals surface area contributed by atoms with Crippen molar-refractivity contribution in [1.29, 1.82) is 0 Å². The van der Waals surface area contributed by atoms with Crippen molar-refractivity contribution in [3.63, 3.8) is 0 Å². The minimum Gasteiger partial charge on any atom is -0.507 e. The first-order chi connectivity index (χ1) is 26.5. The van der Waals surface area contributed by atoms with Crippen molar-refractivity contribution in [1.82, 2.24) is 0 Å². The van der Waals surface area contributed by atoms with Crippen LogP contribution >= 0.6 is 0 Å². The highest BCUT2D eigenvalue weighted by atomic mass is 16.5. The number of carbonyl (C=O) groups is 4. The Morgan fingerprint density at radius 1 is 0.500 bits per heavy atom. The van der Waals surface area contributed by atoms with E-state index in [0.29, 0.717) is 40.2 Å². The van der Waals surface area contributed by atoms with E-state index in [1.165, 1.54) is 52.7 Å². The fourth-order valence-corrected chi connectivity index (χ4v) is 4.89. The third-order valence-electron chi connectivity index (χ3n) is 7.76. The van der Waals surface area contributed by atoms with Crippen molar-refractivity contribution in [2.45, 2.75) is 21.0 Å². The Morgan fingerprint density at radius 2 is 0.875 bits per heavy atom. The van der Waals surface area contributed by atoms with Crippen LogP contribution in [0, 0.1) is 30.6 Å². The lowest BCUT2D eigenvalue weighted by Crippen LogP contribution is -2.06. The Balaban J connectivity index is 0.000000305. The minimum absolute atomic E-state index is 0. The molecule has 5 rings (SSSR count). The molecule has 0 saturated carbocycles. The van der Waals surface area contributed by atoms with Gasteiger partial charge < -0.3 is 33.9 Å². The van der Waals surface area contributed by atoms with Crippen LogP contribution in [-0.4, -0.2) is 62.5 Å². The molecule has 5 aromatic rings. The van der Waals surface area contributed by atoms with Crippen LogP contribution in [0.25, 0.3) is 0 Å². The number of hydrogen-bond donors (Lipinski definition) is 2. The van der Waals surface area contributed by atoms with E-state index in [9.17, 15) is 29.4 Å². The third-order valence-corrected chi connectivity index (χ3v) is 7.76. The third kappa shape index (κ3) is 11.5. The van der Waals surface area contributed by atoms with Crippen LogP contribution in [0.1, 0.15) is 82.2 Å². The number of aromatic hydroxyl groups is 2. The predicted octanol–water partition coefficient (Wildman–Crippen LogP) is 7.25. The maximum atomic E-state index is 12.1. The van der Waals surface area contributed by atoms with Gasteiger partial charge in [0.05, 0.1) is 34.0 Å². The van der Waals surface area contributed by atoms with Crippen LogP contribution in [0.4, 0.5) is 0 Å². The van der Waals surface area contributed by atoms with Gasteiger partial charge in [0.1, 0.15) is 40.5 Å². The van der Waals surface area contributed by atoms with Crippen molar-refractivity contribution < 1.29 is 53.1 Å². The number of phenolic OH excluding ortho intramolecular Hbond substituents is 2. The van der Waals surface area contributed by atoms with Crippen molar-refractivity contribution in [2.24, 2.45) is 0 Å². The molecule has 0 fully saturated rings. The molecule has 0 amide bonds. The molecule has 0 bridgehead atoms. The largest absolute Gasteiger partial charge is 0.507 e. The van der Waals surface area contributed by atoms with Gasteiger partial charge in [-0.05, 0) is 90.8 Å². The topological polar surface area (TPSA) is 155 Å².